The maximum absolute atomic E-state index is 12.8. The minimum absolute atomic E-state index is 0.0195. The molecule has 0 spiro atoms. The van der Waals surface area contributed by atoms with E-state index >= 15 is 0 Å². The lowest BCUT2D eigenvalue weighted by Gasteiger charge is -2.31. The Bertz CT molecular complexity index is 813. The van der Waals surface area contributed by atoms with Gasteiger partial charge in [0.15, 0.2) is 0 Å². The molecular formula is C16H24N6O2S. The first-order chi connectivity index (χ1) is 11.9. The third-order valence-corrected chi connectivity index (χ3v) is 5.48. The molecule has 8 nitrogen and oxygen atoms in total. The molecule has 2 aromatic heterocycles. The second kappa shape index (κ2) is 7.07. The van der Waals surface area contributed by atoms with Crippen molar-refractivity contribution in [2.45, 2.75) is 52.0 Å². The Hall–Kier alpha value is -2.03. The van der Waals surface area contributed by atoms with Crippen molar-refractivity contribution in [3.05, 3.63) is 26.9 Å². The summed E-state index contributed by atoms with van der Waals surface area (Å²) in [5.74, 6) is 1.25. The largest absolute Gasteiger partial charge is 0.345 e. The molecule has 0 bridgehead atoms. The molecule has 0 unspecified atom stereocenters. The van der Waals surface area contributed by atoms with Gasteiger partial charge in [-0.2, -0.15) is 5.10 Å². The smallest absolute Gasteiger partial charge is 0.338 e. The molecule has 0 atom stereocenters. The van der Waals surface area contributed by atoms with Crippen LogP contribution in [0.1, 0.15) is 66.6 Å². The molecule has 3 rings (SSSR count). The Labute approximate surface area is 150 Å². The monoisotopic (exact) mass is 364 g/mol. The van der Waals surface area contributed by atoms with Gasteiger partial charge < -0.3 is 4.90 Å². The number of hydrogen-bond acceptors (Lipinski definition) is 6. The van der Waals surface area contributed by atoms with E-state index in [1.807, 2.05) is 25.7 Å². The Morgan fingerprint density at radius 2 is 2.00 bits per heavy atom. The summed E-state index contributed by atoms with van der Waals surface area (Å²) in [6.45, 7) is 7.93. The third kappa shape index (κ3) is 3.24. The SMILES string of the molecule is CCn1c(C2CCN(C(=O)c3snnc3C(C)C)CC2)nn(C)c1=O. The number of piperidine rings is 1. The van der Waals surface area contributed by atoms with E-state index in [1.54, 1.807) is 11.6 Å². The molecule has 1 fully saturated rings. The summed E-state index contributed by atoms with van der Waals surface area (Å²) in [4.78, 5) is 27.4. The summed E-state index contributed by atoms with van der Waals surface area (Å²) < 4.78 is 7.08. The van der Waals surface area contributed by atoms with E-state index in [1.165, 1.54) is 16.2 Å². The molecule has 25 heavy (non-hydrogen) atoms. The van der Waals surface area contributed by atoms with Crippen LogP contribution in [-0.4, -0.2) is 47.8 Å². The van der Waals surface area contributed by atoms with Crippen LogP contribution in [-0.2, 0) is 13.6 Å². The number of hydrogen-bond donors (Lipinski definition) is 0. The number of rotatable bonds is 4. The summed E-state index contributed by atoms with van der Waals surface area (Å²) in [7, 11) is 1.68. The first kappa shape index (κ1) is 17.8. The van der Waals surface area contributed by atoms with Gasteiger partial charge in [-0.1, -0.05) is 18.3 Å². The van der Waals surface area contributed by atoms with Gasteiger partial charge in [0, 0.05) is 32.6 Å². The fourth-order valence-electron chi connectivity index (χ4n) is 3.33. The van der Waals surface area contributed by atoms with Crippen molar-refractivity contribution in [1.82, 2.24) is 28.8 Å². The van der Waals surface area contributed by atoms with Gasteiger partial charge >= 0.3 is 5.69 Å². The quantitative estimate of drug-likeness (QED) is 0.822. The van der Waals surface area contributed by atoms with E-state index in [-0.39, 0.29) is 23.4 Å². The fourth-order valence-corrected chi connectivity index (χ4v) is 4.12. The van der Waals surface area contributed by atoms with E-state index in [2.05, 4.69) is 14.7 Å². The predicted octanol–water partition coefficient (Wildman–Crippen LogP) is 1.60. The molecule has 3 heterocycles. The number of nitrogens with zero attached hydrogens (tertiary/aromatic N) is 6. The van der Waals surface area contributed by atoms with Gasteiger partial charge in [-0.05, 0) is 37.2 Å². The molecule has 9 heteroatoms. The average molecular weight is 364 g/mol. The van der Waals surface area contributed by atoms with E-state index in [0.29, 0.717) is 24.5 Å². The number of likely N-dealkylation sites (tertiary alicyclic amines) is 1. The van der Waals surface area contributed by atoms with E-state index < -0.39 is 0 Å². The van der Waals surface area contributed by atoms with Gasteiger partial charge in [0.05, 0.1) is 5.69 Å². The van der Waals surface area contributed by atoms with Crippen molar-refractivity contribution in [3.8, 4) is 0 Å². The number of carbonyl (C=O) groups excluding carboxylic acids is 1. The zero-order chi connectivity index (χ0) is 18.1. The fraction of sp³-hybridized carbons (Fsp3) is 0.688. The Balaban J connectivity index is 1.72. The maximum atomic E-state index is 12.8. The zero-order valence-corrected chi connectivity index (χ0v) is 15.9. The van der Waals surface area contributed by atoms with Crippen LogP contribution in [0.25, 0.3) is 0 Å². The molecule has 0 aliphatic carbocycles. The van der Waals surface area contributed by atoms with Crippen LogP contribution in [0.15, 0.2) is 4.79 Å². The predicted molar refractivity (Wildman–Crippen MR) is 95.0 cm³/mol. The molecule has 1 aliphatic rings. The summed E-state index contributed by atoms with van der Waals surface area (Å²) >= 11 is 1.17. The standard InChI is InChI=1S/C16H24N6O2S/c1-5-22-14(18-20(4)16(22)24)11-6-8-21(9-7-11)15(23)13-12(10(2)3)17-19-25-13/h10-11H,5-9H2,1-4H3. The van der Waals surface area contributed by atoms with Crippen LogP contribution in [0.5, 0.6) is 0 Å². The van der Waals surface area contributed by atoms with Crippen LogP contribution >= 0.6 is 11.5 Å². The minimum atomic E-state index is -0.0756. The van der Waals surface area contributed by atoms with Crippen LogP contribution in [0.3, 0.4) is 0 Å². The zero-order valence-electron chi connectivity index (χ0n) is 15.1. The highest BCUT2D eigenvalue weighted by Crippen LogP contribution is 2.28. The van der Waals surface area contributed by atoms with Crippen molar-refractivity contribution in [2.75, 3.05) is 13.1 Å². The number of aromatic nitrogens is 5. The van der Waals surface area contributed by atoms with Crippen LogP contribution in [0.2, 0.25) is 0 Å². The second-order valence-electron chi connectivity index (χ2n) is 6.72. The van der Waals surface area contributed by atoms with Gasteiger partial charge in [-0.15, -0.1) is 5.10 Å². The highest BCUT2D eigenvalue weighted by molar-refractivity contribution is 7.08. The molecule has 0 radical (unpaired) electrons. The van der Waals surface area contributed by atoms with Crippen molar-refractivity contribution in [1.29, 1.82) is 0 Å². The molecule has 0 N–H and O–H groups in total. The summed E-state index contributed by atoms with van der Waals surface area (Å²) in [6.07, 6.45) is 1.62. The van der Waals surface area contributed by atoms with Gasteiger partial charge in [0.2, 0.25) is 0 Å². The van der Waals surface area contributed by atoms with Crippen LogP contribution in [0, 0.1) is 0 Å². The number of amides is 1. The molecule has 1 amide bonds. The summed E-state index contributed by atoms with van der Waals surface area (Å²) in [5, 5.41) is 8.51. The lowest BCUT2D eigenvalue weighted by atomic mass is 9.95. The molecule has 2 aromatic rings. The topological polar surface area (TPSA) is 85.9 Å². The second-order valence-corrected chi connectivity index (χ2v) is 7.47. The van der Waals surface area contributed by atoms with Crippen molar-refractivity contribution >= 4 is 17.4 Å². The average Bonchev–Trinajstić information content (AvgIpc) is 3.20. The highest BCUT2D eigenvalue weighted by Gasteiger charge is 2.30. The normalized spacial score (nSPS) is 16.0. The van der Waals surface area contributed by atoms with Gasteiger partial charge in [-0.25, -0.2) is 9.48 Å². The third-order valence-electron chi connectivity index (χ3n) is 4.75. The Morgan fingerprint density at radius 1 is 1.32 bits per heavy atom. The lowest BCUT2D eigenvalue weighted by molar-refractivity contribution is 0.0713. The van der Waals surface area contributed by atoms with E-state index in [9.17, 15) is 9.59 Å². The summed E-state index contributed by atoms with van der Waals surface area (Å²) in [5.41, 5.74) is 0.704. The molecule has 136 valence electrons. The van der Waals surface area contributed by atoms with Gasteiger partial charge in [0.1, 0.15) is 10.7 Å². The highest BCUT2D eigenvalue weighted by atomic mass is 32.1. The number of aryl methyl sites for hydroxylation is 1. The van der Waals surface area contributed by atoms with E-state index in [0.717, 1.165) is 24.4 Å². The van der Waals surface area contributed by atoms with Crippen molar-refractivity contribution in [3.63, 3.8) is 0 Å². The molecular weight excluding hydrogens is 340 g/mol. The minimum Gasteiger partial charge on any atom is -0.338 e. The van der Waals surface area contributed by atoms with Crippen LogP contribution < -0.4 is 5.69 Å². The number of carbonyl (C=O) groups is 1. The van der Waals surface area contributed by atoms with Crippen LogP contribution in [0.4, 0.5) is 0 Å². The molecule has 0 saturated carbocycles. The Kier molecular flexibility index (Phi) is 5.03. The van der Waals surface area contributed by atoms with Gasteiger partial charge in [-0.3, -0.25) is 9.36 Å². The Morgan fingerprint density at radius 3 is 2.60 bits per heavy atom. The van der Waals surface area contributed by atoms with Crippen molar-refractivity contribution in [2.24, 2.45) is 7.05 Å². The first-order valence-electron chi connectivity index (χ1n) is 8.69. The molecule has 1 aliphatic heterocycles. The molecule has 0 aromatic carbocycles. The lowest BCUT2D eigenvalue weighted by Crippen LogP contribution is -2.38. The van der Waals surface area contributed by atoms with Gasteiger partial charge in [0.25, 0.3) is 5.91 Å². The first-order valence-corrected chi connectivity index (χ1v) is 9.46. The molecule has 1 saturated heterocycles. The van der Waals surface area contributed by atoms with Crippen molar-refractivity contribution < 1.29 is 4.79 Å². The summed E-state index contributed by atoms with van der Waals surface area (Å²) in [6, 6.07) is 0. The maximum Gasteiger partial charge on any atom is 0.345 e. The van der Waals surface area contributed by atoms with E-state index in [4.69, 9.17) is 0 Å².